The first-order chi connectivity index (χ1) is 6.79. The lowest BCUT2D eigenvalue weighted by Crippen LogP contribution is -2.24. The normalized spacial score (nSPS) is 11.2. The van der Waals surface area contributed by atoms with Crippen LogP contribution < -0.4 is 5.73 Å². The molecular formula is C10H13BrN2O2. The summed E-state index contributed by atoms with van der Waals surface area (Å²) in [6, 6.07) is 1.53. The summed E-state index contributed by atoms with van der Waals surface area (Å²) >= 11 is 3.15. The third-order valence-electron chi connectivity index (χ3n) is 1.50. The highest BCUT2D eigenvalue weighted by atomic mass is 79.9. The van der Waals surface area contributed by atoms with E-state index in [4.69, 9.17) is 10.5 Å². The van der Waals surface area contributed by atoms with Crippen LogP contribution in [0.15, 0.2) is 16.9 Å². The molecule has 0 fully saturated rings. The Hall–Kier alpha value is -1.10. The standard InChI is InChI=1S/C10H13BrN2O2/c1-10(2,3)15-9(14)6-4-7(12)8(11)13-5-6/h4-5H,12H2,1-3H3. The molecule has 0 spiro atoms. The van der Waals surface area contributed by atoms with E-state index in [0.29, 0.717) is 15.9 Å². The molecule has 1 aromatic heterocycles. The number of hydrogen-bond acceptors (Lipinski definition) is 4. The molecule has 15 heavy (non-hydrogen) atoms. The summed E-state index contributed by atoms with van der Waals surface area (Å²) in [4.78, 5) is 15.5. The zero-order chi connectivity index (χ0) is 11.6. The predicted molar refractivity (Wildman–Crippen MR) is 61.5 cm³/mol. The van der Waals surface area contributed by atoms with Crippen molar-refractivity contribution in [1.29, 1.82) is 0 Å². The van der Waals surface area contributed by atoms with Gasteiger partial charge in [-0.2, -0.15) is 0 Å². The Morgan fingerprint density at radius 1 is 1.53 bits per heavy atom. The number of nitrogen functional groups attached to an aromatic ring is 1. The molecule has 1 heterocycles. The van der Waals surface area contributed by atoms with Crippen molar-refractivity contribution in [1.82, 2.24) is 4.98 Å². The largest absolute Gasteiger partial charge is 0.456 e. The first-order valence-electron chi connectivity index (χ1n) is 4.44. The molecule has 0 saturated heterocycles. The van der Waals surface area contributed by atoms with Crippen LogP contribution in [0.5, 0.6) is 0 Å². The van der Waals surface area contributed by atoms with Gasteiger partial charge in [0.05, 0.1) is 11.3 Å². The van der Waals surface area contributed by atoms with Gasteiger partial charge < -0.3 is 10.5 Å². The molecule has 4 nitrogen and oxygen atoms in total. The molecule has 1 aromatic rings. The summed E-state index contributed by atoms with van der Waals surface area (Å²) in [5.41, 5.74) is 5.86. The van der Waals surface area contributed by atoms with E-state index in [1.165, 1.54) is 12.3 Å². The lowest BCUT2D eigenvalue weighted by molar-refractivity contribution is 0.00691. The summed E-state index contributed by atoms with van der Waals surface area (Å²) in [5, 5.41) is 0. The number of pyridine rings is 1. The molecule has 0 aliphatic rings. The van der Waals surface area contributed by atoms with Crippen LogP contribution in [0.3, 0.4) is 0 Å². The minimum Gasteiger partial charge on any atom is -0.456 e. The van der Waals surface area contributed by atoms with Gasteiger partial charge in [-0.05, 0) is 42.8 Å². The van der Waals surface area contributed by atoms with E-state index in [1.54, 1.807) is 20.8 Å². The van der Waals surface area contributed by atoms with E-state index in [0.717, 1.165) is 0 Å². The third-order valence-corrected chi connectivity index (χ3v) is 2.16. The number of nitrogens with two attached hydrogens (primary N) is 1. The maximum atomic E-state index is 11.6. The van der Waals surface area contributed by atoms with Crippen LogP contribution in [0.2, 0.25) is 0 Å². The van der Waals surface area contributed by atoms with Crippen molar-refractivity contribution in [3.05, 3.63) is 22.4 Å². The van der Waals surface area contributed by atoms with Crippen molar-refractivity contribution >= 4 is 27.6 Å². The number of anilines is 1. The molecule has 2 N–H and O–H groups in total. The van der Waals surface area contributed by atoms with Crippen molar-refractivity contribution < 1.29 is 9.53 Å². The molecular weight excluding hydrogens is 260 g/mol. The molecule has 5 heteroatoms. The molecule has 0 saturated carbocycles. The Labute approximate surface area is 97.0 Å². The van der Waals surface area contributed by atoms with Crippen molar-refractivity contribution in [2.75, 3.05) is 5.73 Å². The Balaban J connectivity index is 2.88. The molecule has 0 aromatic carbocycles. The molecule has 0 unspecified atom stereocenters. The van der Waals surface area contributed by atoms with Crippen LogP contribution >= 0.6 is 15.9 Å². The van der Waals surface area contributed by atoms with Gasteiger partial charge >= 0.3 is 5.97 Å². The van der Waals surface area contributed by atoms with Gasteiger partial charge in [0.15, 0.2) is 0 Å². The second-order valence-electron chi connectivity index (χ2n) is 4.11. The average Bonchev–Trinajstić information content (AvgIpc) is 2.06. The first kappa shape index (κ1) is 12.0. The van der Waals surface area contributed by atoms with Gasteiger partial charge in [0.2, 0.25) is 0 Å². The molecule has 0 bridgehead atoms. The number of rotatable bonds is 1. The predicted octanol–water partition coefficient (Wildman–Crippen LogP) is 2.38. The summed E-state index contributed by atoms with van der Waals surface area (Å²) in [5.74, 6) is -0.422. The van der Waals surface area contributed by atoms with Gasteiger partial charge in [0.1, 0.15) is 10.2 Å². The van der Waals surface area contributed by atoms with Crippen molar-refractivity contribution in [3.8, 4) is 0 Å². The van der Waals surface area contributed by atoms with Crippen molar-refractivity contribution in [2.45, 2.75) is 26.4 Å². The number of esters is 1. The SMILES string of the molecule is CC(C)(C)OC(=O)c1cnc(Br)c(N)c1. The second kappa shape index (κ2) is 4.18. The smallest absolute Gasteiger partial charge is 0.340 e. The number of nitrogens with zero attached hydrogens (tertiary/aromatic N) is 1. The van der Waals surface area contributed by atoms with Gasteiger partial charge in [0, 0.05) is 6.20 Å². The number of carbonyl (C=O) groups excluding carboxylic acids is 1. The van der Waals surface area contributed by atoms with E-state index in [9.17, 15) is 4.79 Å². The van der Waals surface area contributed by atoms with E-state index in [-0.39, 0.29) is 0 Å². The van der Waals surface area contributed by atoms with Crippen molar-refractivity contribution in [3.63, 3.8) is 0 Å². The van der Waals surface area contributed by atoms with Crippen LogP contribution in [0.1, 0.15) is 31.1 Å². The molecule has 0 aliphatic heterocycles. The first-order valence-corrected chi connectivity index (χ1v) is 5.23. The van der Waals surface area contributed by atoms with Crippen LogP contribution in [-0.4, -0.2) is 16.6 Å². The molecule has 0 radical (unpaired) electrons. The lowest BCUT2D eigenvalue weighted by Gasteiger charge is -2.19. The Kier molecular flexibility index (Phi) is 3.34. The number of carbonyl (C=O) groups is 1. The second-order valence-corrected chi connectivity index (χ2v) is 4.86. The van der Waals surface area contributed by atoms with E-state index in [1.807, 2.05) is 0 Å². The fourth-order valence-electron chi connectivity index (χ4n) is 0.914. The fraction of sp³-hybridized carbons (Fsp3) is 0.400. The Morgan fingerprint density at radius 3 is 2.60 bits per heavy atom. The number of halogens is 1. The van der Waals surface area contributed by atoms with E-state index >= 15 is 0 Å². The topological polar surface area (TPSA) is 65.2 Å². The van der Waals surface area contributed by atoms with Gasteiger partial charge in [-0.15, -0.1) is 0 Å². The maximum Gasteiger partial charge on any atom is 0.340 e. The highest BCUT2D eigenvalue weighted by Gasteiger charge is 2.18. The number of aromatic nitrogens is 1. The van der Waals surface area contributed by atoms with E-state index in [2.05, 4.69) is 20.9 Å². The van der Waals surface area contributed by atoms with Crippen LogP contribution in [-0.2, 0) is 4.74 Å². The van der Waals surface area contributed by atoms with Crippen LogP contribution in [0.4, 0.5) is 5.69 Å². The summed E-state index contributed by atoms with van der Waals surface area (Å²) in [6.45, 7) is 5.42. The Morgan fingerprint density at radius 2 is 2.13 bits per heavy atom. The lowest BCUT2D eigenvalue weighted by atomic mass is 10.2. The number of hydrogen-bond donors (Lipinski definition) is 1. The molecule has 1 rings (SSSR count). The minimum absolute atomic E-state index is 0.352. The number of ether oxygens (including phenoxy) is 1. The Bertz CT molecular complexity index is 385. The van der Waals surface area contributed by atoms with Gasteiger partial charge in [0.25, 0.3) is 0 Å². The monoisotopic (exact) mass is 272 g/mol. The zero-order valence-corrected chi connectivity index (χ0v) is 10.5. The quantitative estimate of drug-likeness (QED) is 0.630. The van der Waals surface area contributed by atoms with Crippen molar-refractivity contribution in [2.24, 2.45) is 0 Å². The highest BCUT2D eigenvalue weighted by Crippen LogP contribution is 2.19. The van der Waals surface area contributed by atoms with Gasteiger partial charge in [-0.3, -0.25) is 0 Å². The van der Waals surface area contributed by atoms with E-state index < -0.39 is 11.6 Å². The minimum atomic E-state index is -0.515. The molecule has 0 atom stereocenters. The maximum absolute atomic E-state index is 11.6. The average molecular weight is 273 g/mol. The zero-order valence-electron chi connectivity index (χ0n) is 8.87. The molecule has 82 valence electrons. The third kappa shape index (κ3) is 3.51. The summed E-state index contributed by atoms with van der Waals surface area (Å²) < 4.78 is 5.69. The van der Waals surface area contributed by atoms with Crippen LogP contribution in [0.25, 0.3) is 0 Å². The highest BCUT2D eigenvalue weighted by molar-refractivity contribution is 9.10. The van der Waals surface area contributed by atoms with Gasteiger partial charge in [-0.25, -0.2) is 9.78 Å². The summed E-state index contributed by atoms with van der Waals surface area (Å²) in [7, 11) is 0. The van der Waals surface area contributed by atoms with Crippen LogP contribution in [0, 0.1) is 0 Å². The molecule has 0 amide bonds. The summed E-state index contributed by atoms with van der Waals surface area (Å²) in [6.07, 6.45) is 1.43. The fourth-order valence-corrected chi connectivity index (χ4v) is 1.13. The molecule has 0 aliphatic carbocycles. The van der Waals surface area contributed by atoms with Gasteiger partial charge in [-0.1, -0.05) is 0 Å².